The number of hydrogen-bond acceptors (Lipinski definition) is 6. The summed E-state index contributed by atoms with van der Waals surface area (Å²) >= 11 is 0. The predicted molar refractivity (Wildman–Crippen MR) is 104 cm³/mol. The molecule has 6 rings (SSSR count). The fourth-order valence-corrected chi connectivity index (χ4v) is 4.22. The van der Waals surface area contributed by atoms with Gasteiger partial charge in [0.25, 0.3) is 0 Å². The molecule has 0 bridgehead atoms. The predicted octanol–water partition coefficient (Wildman–Crippen LogP) is 3.18. The van der Waals surface area contributed by atoms with Crippen LogP contribution in [-0.2, 0) is 4.74 Å². The number of rotatable bonds is 3. The van der Waals surface area contributed by atoms with Gasteiger partial charge < -0.3 is 10.1 Å². The van der Waals surface area contributed by atoms with E-state index in [1.165, 1.54) is 0 Å². The third kappa shape index (κ3) is 2.39. The van der Waals surface area contributed by atoms with Crippen molar-refractivity contribution in [3.05, 3.63) is 49.1 Å². The lowest BCUT2D eigenvalue weighted by Gasteiger charge is -2.53. The van der Waals surface area contributed by atoms with Crippen LogP contribution in [0.1, 0.15) is 14.3 Å². The Hall–Kier alpha value is -3.06. The van der Waals surface area contributed by atoms with Crippen molar-refractivity contribution in [1.82, 2.24) is 24.6 Å². The number of nitrogens with zero attached hydrogens (tertiary/aromatic N) is 5. The van der Waals surface area contributed by atoms with Crippen molar-refractivity contribution in [2.75, 3.05) is 18.5 Å². The van der Waals surface area contributed by atoms with Crippen molar-refractivity contribution in [2.45, 2.75) is 18.9 Å². The topological polar surface area (TPSA) is 77.2 Å². The van der Waals surface area contributed by atoms with Gasteiger partial charge in [0.05, 0.1) is 24.9 Å². The zero-order chi connectivity index (χ0) is 17.8. The molecule has 1 saturated heterocycles. The van der Waals surface area contributed by atoms with Gasteiger partial charge in [0.15, 0.2) is 5.65 Å². The molecule has 1 N–H and O–H groups in total. The SMILES string of the molecule is [HH].c1cnc2ncc(-c3ccn4nc(NC5CC6(COC6)C5)ncc34)cc2c1. The third-order valence-electron chi connectivity index (χ3n) is 5.69. The average molecular weight is 360 g/mol. The highest BCUT2D eigenvalue weighted by molar-refractivity contribution is 5.86. The van der Waals surface area contributed by atoms with Crippen molar-refractivity contribution in [3.63, 3.8) is 0 Å². The van der Waals surface area contributed by atoms with Gasteiger partial charge >= 0.3 is 0 Å². The Morgan fingerprint density at radius 2 is 2.07 bits per heavy atom. The quantitative estimate of drug-likeness (QED) is 0.605. The van der Waals surface area contributed by atoms with Crippen LogP contribution in [0.15, 0.2) is 49.1 Å². The Morgan fingerprint density at radius 3 is 2.93 bits per heavy atom. The molecule has 1 aliphatic carbocycles. The molecule has 0 atom stereocenters. The summed E-state index contributed by atoms with van der Waals surface area (Å²) in [6.45, 7) is 1.81. The monoisotopic (exact) mass is 360 g/mol. The highest BCUT2D eigenvalue weighted by atomic mass is 16.5. The minimum atomic E-state index is 0. The van der Waals surface area contributed by atoms with Gasteiger partial charge in [-0.1, -0.05) is 0 Å². The van der Waals surface area contributed by atoms with Gasteiger partial charge in [0.1, 0.15) is 0 Å². The molecule has 136 valence electrons. The van der Waals surface area contributed by atoms with Gasteiger partial charge in [-0.05, 0) is 37.1 Å². The summed E-state index contributed by atoms with van der Waals surface area (Å²) in [4.78, 5) is 13.3. The molecule has 1 aliphatic heterocycles. The number of ether oxygens (including phenoxy) is 1. The maximum atomic E-state index is 5.34. The first-order valence-corrected chi connectivity index (χ1v) is 9.18. The number of fused-ring (bicyclic) bond motifs is 2. The van der Waals surface area contributed by atoms with E-state index in [4.69, 9.17) is 4.74 Å². The number of hydrogen-bond donors (Lipinski definition) is 1. The molecule has 2 fully saturated rings. The van der Waals surface area contributed by atoms with Crippen molar-refractivity contribution >= 4 is 22.5 Å². The van der Waals surface area contributed by atoms with Crippen LogP contribution >= 0.6 is 0 Å². The van der Waals surface area contributed by atoms with Crippen LogP contribution in [0, 0.1) is 5.41 Å². The Kier molecular flexibility index (Phi) is 3.05. The first-order chi connectivity index (χ1) is 13.3. The molecular formula is C20H20N6O. The van der Waals surface area contributed by atoms with E-state index >= 15 is 0 Å². The zero-order valence-electron chi connectivity index (χ0n) is 14.7. The number of pyridine rings is 2. The summed E-state index contributed by atoms with van der Waals surface area (Å²) < 4.78 is 7.21. The number of anilines is 1. The standard InChI is InChI=1S/C20H18N6O.H2/c1-2-13-6-14(9-22-18(13)21-4-1)16-3-5-26-17(16)10-23-19(25-26)24-15-7-20(8-15)11-27-12-20;/h1-6,9-10,15H,7-8,11-12H2,(H,24,25);1H. The van der Waals surface area contributed by atoms with Crippen molar-refractivity contribution < 1.29 is 6.16 Å². The Balaban J connectivity index is 0.00000171. The normalized spacial score (nSPS) is 18.5. The number of nitrogens with one attached hydrogen (secondary N) is 1. The lowest BCUT2D eigenvalue weighted by atomic mass is 9.64. The van der Waals surface area contributed by atoms with E-state index in [2.05, 4.69) is 37.5 Å². The molecule has 1 saturated carbocycles. The van der Waals surface area contributed by atoms with Gasteiger partial charge in [0, 0.05) is 48.0 Å². The summed E-state index contributed by atoms with van der Waals surface area (Å²) in [6, 6.07) is 8.54. The maximum absolute atomic E-state index is 5.34. The van der Waals surface area contributed by atoms with E-state index < -0.39 is 0 Å². The van der Waals surface area contributed by atoms with Crippen LogP contribution < -0.4 is 5.32 Å². The Labute approximate surface area is 156 Å². The molecule has 0 aromatic carbocycles. The molecule has 4 aromatic heterocycles. The van der Waals surface area contributed by atoms with Crippen molar-refractivity contribution in [1.29, 1.82) is 0 Å². The van der Waals surface area contributed by atoms with Crippen LogP contribution in [-0.4, -0.2) is 43.8 Å². The van der Waals surface area contributed by atoms with Crippen LogP contribution in [0.25, 0.3) is 27.7 Å². The molecule has 5 heterocycles. The highest BCUT2D eigenvalue weighted by Crippen LogP contribution is 2.47. The van der Waals surface area contributed by atoms with E-state index in [9.17, 15) is 0 Å². The van der Waals surface area contributed by atoms with E-state index in [0.29, 0.717) is 17.4 Å². The maximum Gasteiger partial charge on any atom is 0.241 e. The first kappa shape index (κ1) is 15.0. The van der Waals surface area contributed by atoms with Gasteiger partial charge in [-0.25, -0.2) is 19.5 Å². The molecule has 0 radical (unpaired) electrons. The number of aromatic nitrogens is 5. The molecule has 2 aliphatic rings. The molecule has 4 aromatic rings. The second-order valence-corrected chi connectivity index (χ2v) is 7.66. The molecule has 0 unspecified atom stereocenters. The molecular weight excluding hydrogens is 340 g/mol. The minimum Gasteiger partial charge on any atom is -0.380 e. The first-order valence-electron chi connectivity index (χ1n) is 9.18. The fourth-order valence-electron chi connectivity index (χ4n) is 4.22. The fraction of sp³-hybridized carbons (Fsp3) is 0.300. The van der Waals surface area contributed by atoms with Crippen LogP contribution in [0.5, 0.6) is 0 Å². The van der Waals surface area contributed by atoms with Crippen LogP contribution in [0.2, 0.25) is 0 Å². The van der Waals surface area contributed by atoms with Crippen molar-refractivity contribution in [3.8, 4) is 11.1 Å². The van der Waals surface area contributed by atoms with E-state index in [-0.39, 0.29) is 1.43 Å². The van der Waals surface area contributed by atoms with E-state index in [1.54, 1.807) is 6.20 Å². The highest BCUT2D eigenvalue weighted by Gasteiger charge is 2.49. The summed E-state index contributed by atoms with van der Waals surface area (Å²) in [7, 11) is 0. The molecule has 0 amide bonds. The zero-order valence-corrected chi connectivity index (χ0v) is 14.7. The minimum absolute atomic E-state index is 0. The van der Waals surface area contributed by atoms with E-state index in [1.807, 2.05) is 35.2 Å². The Morgan fingerprint density at radius 1 is 1.15 bits per heavy atom. The summed E-state index contributed by atoms with van der Waals surface area (Å²) in [5.41, 5.74) is 4.24. The molecule has 27 heavy (non-hydrogen) atoms. The third-order valence-corrected chi connectivity index (χ3v) is 5.69. The van der Waals surface area contributed by atoms with Gasteiger partial charge in [-0.15, -0.1) is 5.10 Å². The molecule has 1 spiro atoms. The van der Waals surface area contributed by atoms with Gasteiger partial charge in [0.2, 0.25) is 5.95 Å². The summed E-state index contributed by atoms with van der Waals surface area (Å²) in [5.74, 6) is 0.672. The molecule has 7 nitrogen and oxygen atoms in total. The second kappa shape index (κ2) is 5.47. The smallest absolute Gasteiger partial charge is 0.241 e. The van der Waals surface area contributed by atoms with Crippen LogP contribution in [0.3, 0.4) is 0 Å². The van der Waals surface area contributed by atoms with Gasteiger partial charge in [-0.3, -0.25) is 0 Å². The molecule has 7 heteroatoms. The average Bonchev–Trinajstić information content (AvgIpc) is 3.05. The second-order valence-electron chi connectivity index (χ2n) is 7.66. The van der Waals surface area contributed by atoms with Crippen molar-refractivity contribution in [2.24, 2.45) is 5.41 Å². The van der Waals surface area contributed by atoms with Crippen LogP contribution in [0.4, 0.5) is 5.95 Å². The van der Waals surface area contributed by atoms with Gasteiger partial charge in [-0.2, -0.15) is 0 Å². The summed E-state index contributed by atoms with van der Waals surface area (Å²) in [6.07, 6.45) is 9.73. The lowest BCUT2D eigenvalue weighted by Crippen LogP contribution is -2.56. The summed E-state index contributed by atoms with van der Waals surface area (Å²) in [5, 5.41) is 9.10. The Bertz CT molecular complexity index is 1160. The largest absolute Gasteiger partial charge is 0.380 e. The lowest BCUT2D eigenvalue weighted by molar-refractivity contribution is -0.160. The van der Waals surface area contributed by atoms with E-state index in [0.717, 1.165) is 53.7 Å².